The third-order valence-corrected chi connectivity index (χ3v) is 2.97. The van der Waals surface area contributed by atoms with Gasteiger partial charge in [0.1, 0.15) is 11.6 Å². The van der Waals surface area contributed by atoms with Gasteiger partial charge in [0.2, 0.25) is 0 Å². The van der Waals surface area contributed by atoms with Gasteiger partial charge in [-0.2, -0.15) is 0 Å². The van der Waals surface area contributed by atoms with Crippen LogP contribution < -0.4 is 11.1 Å². The SMILES string of the molecule is CCCNC(c1ncccn1)c1c(C)ccnc1N. The van der Waals surface area contributed by atoms with E-state index in [1.54, 1.807) is 24.7 Å². The van der Waals surface area contributed by atoms with Crippen LogP contribution in [0.15, 0.2) is 30.7 Å². The van der Waals surface area contributed by atoms with Crippen LogP contribution in [0, 0.1) is 6.92 Å². The number of rotatable bonds is 5. The number of nitrogens with two attached hydrogens (primary N) is 1. The van der Waals surface area contributed by atoms with Crippen molar-refractivity contribution in [1.29, 1.82) is 0 Å². The molecule has 2 heterocycles. The first-order chi connectivity index (χ1) is 9.24. The molecule has 0 aliphatic carbocycles. The van der Waals surface area contributed by atoms with Crippen LogP contribution in [0.2, 0.25) is 0 Å². The smallest absolute Gasteiger partial charge is 0.149 e. The van der Waals surface area contributed by atoms with Crippen LogP contribution in [0.5, 0.6) is 0 Å². The summed E-state index contributed by atoms with van der Waals surface area (Å²) in [5.74, 6) is 1.25. The number of pyridine rings is 1. The van der Waals surface area contributed by atoms with Crippen molar-refractivity contribution in [3.05, 3.63) is 47.7 Å². The van der Waals surface area contributed by atoms with Gasteiger partial charge in [0, 0.05) is 24.2 Å². The molecule has 2 aromatic heterocycles. The lowest BCUT2D eigenvalue weighted by Gasteiger charge is -2.20. The molecule has 2 rings (SSSR count). The van der Waals surface area contributed by atoms with Gasteiger partial charge >= 0.3 is 0 Å². The minimum atomic E-state index is -0.116. The first-order valence-corrected chi connectivity index (χ1v) is 6.45. The number of hydrogen-bond acceptors (Lipinski definition) is 5. The van der Waals surface area contributed by atoms with Gasteiger partial charge < -0.3 is 11.1 Å². The Bertz CT molecular complexity index is 506. The van der Waals surface area contributed by atoms with E-state index in [9.17, 15) is 0 Å². The fraction of sp³-hybridized carbons (Fsp3) is 0.357. The van der Waals surface area contributed by atoms with Crippen molar-refractivity contribution in [2.45, 2.75) is 26.3 Å². The Kier molecular flexibility index (Phi) is 4.41. The second-order valence-electron chi connectivity index (χ2n) is 4.42. The average Bonchev–Trinajstić information content (AvgIpc) is 2.43. The maximum Gasteiger partial charge on any atom is 0.149 e. The van der Waals surface area contributed by atoms with E-state index in [1.807, 2.05) is 13.0 Å². The Morgan fingerprint density at radius 3 is 2.58 bits per heavy atom. The van der Waals surface area contributed by atoms with Crippen molar-refractivity contribution >= 4 is 5.82 Å². The summed E-state index contributed by atoms with van der Waals surface area (Å²) in [4.78, 5) is 12.8. The molecular weight excluding hydrogens is 238 g/mol. The quantitative estimate of drug-likeness (QED) is 0.854. The summed E-state index contributed by atoms with van der Waals surface area (Å²) in [6, 6.07) is 3.64. The van der Waals surface area contributed by atoms with Crippen LogP contribution in [0.3, 0.4) is 0 Å². The molecule has 100 valence electrons. The molecule has 0 amide bonds. The lowest BCUT2D eigenvalue weighted by molar-refractivity contribution is 0.569. The molecule has 0 bridgehead atoms. The van der Waals surface area contributed by atoms with E-state index < -0.39 is 0 Å². The minimum absolute atomic E-state index is 0.116. The molecule has 5 heteroatoms. The molecule has 0 saturated carbocycles. The lowest BCUT2D eigenvalue weighted by Crippen LogP contribution is -2.26. The maximum absolute atomic E-state index is 6.02. The van der Waals surface area contributed by atoms with Crippen molar-refractivity contribution < 1.29 is 0 Å². The predicted octanol–water partition coefficient (Wildman–Crippen LogP) is 1.85. The zero-order valence-corrected chi connectivity index (χ0v) is 11.3. The summed E-state index contributed by atoms with van der Waals surface area (Å²) in [6.07, 6.45) is 6.23. The Labute approximate surface area is 113 Å². The number of nitrogen functional groups attached to an aromatic ring is 1. The van der Waals surface area contributed by atoms with Gasteiger partial charge in [-0.3, -0.25) is 0 Å². The molecule has 1 unspecified atom stereocenters. The third kappa shape index (κ3) is 3.06. The van der Waals surface area contributed by atoms with Crippen LogP contribution in [-0.4, -0.2) is 21.5 Å². The minimum Gasteiger partial charge on any atom is -0.383 e. The molecule has 0 spiro atoms. The summed E-state index contributed by atoms with van der Waals surface area (Å²) in [5.41, 5.74) is 8.08. The average molecular weight is 257 g/mol. The zero-order valence-electron chi connectivity index (χ0n) is 11.3. The number of anilines is 1. The second-order valence-corrected chi connectivity index (χ2v) is 4.42. The molecule has 2 aromatic rings. The van der Waals surface area contributed by atoms with Crippen molar-refractivity contribution in [3.8, 4) is 0 Å². The third-order valence-electron chi connectivity index (χ3n) is 2.97. The number of aryl methyl sites for hydroxylation is 1. The van der Waals surface area contributed by atoms with Crippen LogP contribution >= 0.6 is 0 Å². The van der Waals surface area contributed by atoms with E-state index >= 15 is 0 Å². The summed E-state index contributed by atoms with van der Waals surface area (Å²) in [7, 11) is 0. The first-order valence-electron chi connectivity index (χ1n) is 6.45. The molecular formula is C14H19N5. The Morgan fingerprint density at radius 1 is 1.21 bits per heavy atom. The molecule has 5 nitrogen and oxygen atoms in total. The summed E-state index contributed by atoms with van der Waals surface area (Å²) in [6.45, 7) is 5.02. The van der Waals surface area contributed by atoms with Crippen molar-refractivity contribution in [3.63, 3.8) is 0 Å². The molecule has 0 aliphatic rings. The van der Waals surface area contributed by atoms with E-state index in [-0.39, 0.29) is 6.04 Å². The molecule has 0 radical (unpaired) electrons. The number of nitrogens with one attached hydrogen (secondary N) is 1. The molecule has 19 heavy (non-hydrogen) atoms. The maximum atomic E-state index is 6.02. The molecule has 0 fully saturated rings. The van der Waals surface area contributed by atoms with E-state index in [4.69, 9.17) is 5.73 Å². The second kappa shape index (κ2) is 6.24. The van der Waals surface area contributed by atoms with Crippen molar-refractivity contribution in [2.75, 3.05) is 12.3 Å². The number of hydrogen-bond donors (Lipinski definition) is 2. The monoisotopic (exact) mass is 257 g/mol. The molecule has 1 atom stereocenters. The summed E-state index contributed by atoms with van der Waals surface area (Å²) < 4.78 is 0. The van der Waals surface area contributed by atoms with Crippen LogP contribution in [-0.2, 0) is 0 Å². The van der Waals surface area contributed by atoms with Gasteiger partial charge in [-0.05, 0) is 37.6 Å². The van der Waals surface area contributed by atoms with Gasteiger partial charge in [-0.15, -0.1) is 0 Å². The van der Waals surface area contributed by atoms with Gasteiger partial charge in [0.25, 0.3) is 0 Å². The Balaban J connectivity index is 2.43. The highest BCUT2D eigenvalue weighted by molar-refractivity contribution is 5.48. The van der Waals surface area contributed by atoms with E-state index in [0.29, 0.717) is 5.82 Å². The van der Waals surface area contributed by atoms with E-state index in [2.05, 4.69) is 27.2 Å². The van der Waals surface area contributed by atoms with Crippen molar-refractivity contribution in [1.82, 2.24) is 20.3 Å². The van der Waals surface area contributed by atoms with Crippen LogP contribution in [0.4, 0.5) is 5.82 Å². The normalized spacial score (nSPS) is 12.3. The van der Waals surface area contributed by atoms with Gasteiger partial charge in [-0.1, -0.05) is 6.92 Å². The van der Waals surface area contributed by atoms with Crippen molar-refractivity contribution in [2.24, 2.45) is 0 Å². The lowest BCUT2D eigenvalue weighted by atomic mass is 10.0. The standard InChI is InChI=1S/C14H19N5/c1-3-6-16-12(14-18-7-4-8-19-14)11-10(2)5-9-17-13(11)15/h4-5,7-9,12,16H,3,6H2,1-2H3,(H2,15,17). The van der Waals surface area contributed by atoms with Crippen LogP contribution in [0.25, 0.3) is 0 Å². The summed E-state index contributed by atoms with van der Waals surface area (Å²) >= 11 is 0. The van der Waals surface area contributed by atoms with E-state index in [0.717, 1.165) is 29.9 Å². The highest BCUT2D eigenvalue weighted by atomic mass is 15.0. The van der Waals surface area contributed by atoms with Gasteiger partial charge in [-0.25, -0.2) is 15.0 Å². The molecule has 0 aromatic carbocycles. The highest BCUT2D eigenvalue weighted by Gasteiger charge is 2.20. The number of nitrogens with zero attached hydrogens (tertiary/aromatic N) is 3. The first kappa shape index (κ1) is 13.4. The highest BCUT2D eigenvalue weighted by Crippen LogP contribution is 2.26. The fourth-order valence-electron chi connectivity index (χ4n) is 2.04. The topological polar surface area (TPSA) is 76.7 Å². The molecule has 0 aliphatic heterocycles. The van der Waals surface area contributed by atoms with E-state index in [1.165, 1.54) is 0 Å². The fourth-order valence-corrected chi connectivity index (χ4v) is 2.04. The Morgan fingerprint density at radius 2 is 1.95 bits per heavy atom. The zero-order chi connectivity index (χ0) is 13.7. The Hall–Kier alpha value is -2.01. The molecule has 0 saturated heterocycles. The van der Waals surface area contributed by atoms with Gasteiger partial charge in [0.05, 0.1) is 6.04 Å². The van der Waals surface area contributed by atoms with Crippen LogP contribution in [0.1, 0.15) is 36.3 Å². The molecule has 3 N–H and O–H groups in total. The number of aromatic nitrogens is 3. The van der Waals surface area contributed by atoms with Gasteiger partial charge in [0.15, 0.2) is 0 Å². The predicted molar refractivity (Wildman–Crippen MR) is 75.6 cm³/mol. The summed E-state index contributed by atoms with van der Waals surface area (Å²) in [5, 5.41) is 3.44. The largest absolute Gasteiger partial charge is 0.383 e.